The lowest BCUT2D eigenvalue weighted by Crippen LogP contribution is -2.46. The van der Waals surface area contributed by atoms with Crippen molar-refractivity contribution in [1.82, 2.24) is 10.2 Å². The molecule has 2 fully saturated rings. The molecule has 1 heterocycles. The molecule has 1 saturated carbocycles. The third kappa shape index (κ3) is 3.02. The third-order valence-electron chi connectivity index (χ3n) is 4.44. The fraction of sp³-hybridized carbons (Fsp3) is 0.412. The van der Waals surface area contributed by atoms with Gasteiger partial charge in [0.2, 0.25) is 0 Å². The lowest BCUT2D eigenvalue weighted by Gasteiger charge is -2.20. The number of ketones is 1. The molecule has 126 valence electrons. The predicted molar refractivity (Wildman–Crippen MR) is 83.1 cm³/mol. The van der Waals surface area contributed by atoms with Crippen LogP contribution in [0.5, 0.6) is 0 Å². The fourth-order valence-corrected chi connectivity index (χ4v) is 2.82. The lowest BCUT2D eigenvalue weighted by molar-refractivity contribution is -0.146. The first-order chi connectivity index (χ1) is 11.4. The van der Waals surface area contributed by atoms with Gasteiger partial charge in [-0.05, 0) is 25.7 Å². The summed E-state index contributed by atoms with van der Waals surface area (Å²) < 4.78 is 4.90. The average Bonchev–Trinajstić information content (AvgIpc) is 3.40. The summed E-state index contributed by atoms with van der Waals surface area (Å²) in [6.07, 6.45) is 1.76. The van der Waals surface area contributed by atoms with Crippen LogP contribution >= 0.6 is 0 Å². The maximum Gasteiger partial charge on any atom is 0.326 e. The van der Waals surface area contributed by atoms with Crippen molar-refractivity contribution in [3.63, 3.8) is 0 Å². The van der Waals surface area contributed by atoms with E-state index in [9.17, 15) is 19.2 Å². The molecular formula is C17H18N2O5. The summed E-state index contributed by atoms with van der Waals surface area (Å²) in [6.45, 7) is 0.761. The van der Waals surface area contributed by atoms with Crippen molar-refractivity contribution in [2.45, 2.75) is 25.3 Å². The smallest absolute Gasteiger partial charge is 0.326 e. The number of nitrogens with zero attached hydrogens (tertiary/aromatic N) is 1. The van der Waals surface area contributed by atoms with Crippen LogP contribution in [0, 0.1) is 5.92 Å². The monoisotopic (exact) mass is 330 g/mol. The van der Waals surface area contributed by atoms with E-state index in [2.05, 4.69) is 5.32 Å². The number of nitrogens with one attached hydrogen (secondary N) is 1. The molecular weight excluding hydrogens is 312 g/mol. The van der Waals surface area contributed by atoms with E-state index in [1.807, 2.05) is 0 Å². The third-order valence-corrected chi connectivity index (χ3v) is 4.44. The van der Waals surface area contributed by atoms with Gasteiger partial charge in [0.25, 0.3) is 5.91 Å². The molecule has 1 saturated heterocycles. The van der Waals surface area contributed by atoms with Gasteiger partial charge in [0.05, 0.1) is 0 Å². The average molecular weight is 330 g/mol. The first-order valence-electron chi connectivity index (χ1n) is 7.80. The second kappa shape index (κ2) is 6.07. The predicted octanol–water partition coefficient (Wildman–Crippen LogP) is 1.13. The van der Waals surface area contributed by atoms with Crippen molar-refractivity contribution in [3.05, 3.63) is 35.9 Å². The highest BCUT2D eigenvalue weighted by molar-refractivity contribution is 6.09. The minimum atomic E-state index is -0.933. The Labute approximate surface area is 139 Å². The molecule has 3 rings (SSSR count). The molecule has 0 radical (unpaired) electrons. The maximum atomic E-state index is 12.4. The van der Waals surface area contributed by atoms with Crippen molar-refractivity contribution in [3.8, 4) is 0 Å². The summed E-state index contributed by atoms with van der Waals surface area (Å²) in [5, 5.41) is 2.65. The summed E-state index contributed by atoms with van der Waals surface area (Å²) in [5.41, 5.74) is -0.501. The van der Waals surface area contributed by atoms with Crippen molar-refractivity contribution in [1.29, 1.82) is 0 Å². The molecule has 1 N–H and O–H groups in total. The molecule has 0 unspecified atom stereocenters. The van der Waals surface area contributed by atoms with E-state index in [0.29, 0.717) is 5.56 Å². The molecule has 1 aromatic carbocycles. The lowest BCUT2D eigenvalue weighted by atomic mass is 9.96. The Balaban J connectivity index is 1.54. The van der Waals surface area contributed by atoms with Gasteiger partial charge in [-0.15, -0.1) is 0 Å². The Morgan fingerprint density at radius 1 is 1.25 bits per heavy atom. The quantitative estimate of drug-likeness (QED) is 0.479. The molecule has 1 aliphatic heterocycles. The summed E-state index contributed by atoms with van der Waals surface area (Å²) >= 11 is 0. The summed E-state index contributed by atoms with van der Waals surface area (Å²) in [4.78, 5) is 48.9. The Hall–Kier alpha value is -2.70. The number of esters is 1. The Morgan fingerprint density at radius 3 is 2.54 bits per heavy atom. The fourth-order valence-electron chi connectivity index (χ4n) is 2.82. The van der Waals surface area contributed by atoms with Crippen LogP contribution in [0.3, 0.4) is 0 Å². The van der Waals surface area contributed by atoms with E-state index in [1.165, 1.54) is 0 Å². The molecule has 0 spiro atoms. The minimum Gasteiger partial charge on any atom is -0.456 e. The zero-order chi connectivity index (χ0) is 17.3. The molecule has 0 aromatic heterocycles. The van der Waals surface area contributed by atoms with Gasteiger partial charge in [0.15, 0.2) is 12.4 Å². The van der Waals surface area contributed by atoms with Gasteiger partial charge < -0.3 is 10.1 Å². The van der Waals surface area contributed by atoms with Crippen LogP contribution in [0.15, 0.2) is 30.3 Å². The summed E-state index contributed by atoms with van der Waals surface area (Å²) in [7, 11) is 0. The highest BCUT2D eigenvalue weighted by Gasteiger charge is 2.56. The second-order valence-electron chi connectivity index (χ2n) is 6.25. The van der Waals surface area contributed by atoms with Gasteiger partial charge in [-0.1, -0.05) is 30.3 Å². The van der Waals surface area contributed by atoms with Gasteiger partial charge >= 0.3 is 12.0 Å². The van der Waals surface area contributed by atoms with Crippen molar-refractivity contribution in [2.75, 3.05) is 13.2 Å². The van der Waals surface area contributed by atoms with E-state index in [-0.39, 0.29) is 11.7 Å². The Morgan fingerprint density at radius 2 is 1.92 bits per heavy atom. The maximum absolute atomic E-state index is 12.4. The minimum absolute atomic E-state index is 0.120. The number of hydrogen-bond acceptors (Lipinski definition) is 5. The van der Waals surface area contributed by atoms with E-state index in [1.54, 1.807) is 37.3 Å². The van der Waals surface area contributed by atoms with Gasteiger partial charge in [0.1, 0.15) is 12.1 Å². The topological polar surface area (TPSA) is 92.8 Å². The molecule has 24 heavy (non-hydrogen) atoms. The van der Waals surface area contributed by atoms with E-state index in [4.69, 9.17) is 4.74 Å². The number of imide groups is 1. The van der Waals surface area contributed by atoms with Crippen LogP contribution < -0.4 is 5.32 Å². The first kappa shape index (κ1) is 16.2. The number of Topliss-reactive ketones (excluding diaryl/α,β-unsaturated/α-hetero) is 1. The largest absolute Gasteiger partial charge is 0.456 e. The zero-order valence-corrected chi connectivity index (χ0v) is 13.3. The highest BCUT2D eigenvalue weighted by Crippen LogP contribution is 2.42. The Bertz CT molecular complexity index is 698. The van der Waals surface area contributed by atoms with Crippen LogP contribution in [0.2, 0.25) is 0 Å². The Kier molecular flexibility index (Phi) is 4.09. The molecule has 0 bridgehead atoms. The van der Waals surface area contributed by atoms with Gasteiger partial charge in [0, 0.05) is 5.56 Å². The zero-order valence-electron chi connectivity index (χ0n) is 13.3. The number of urea groups is 1. The van der Waals surface area contributed by atoms with Crippen LogP contribution in [-0.4, -0.2) is 47.3 Å². The molecule has 3 amide bonds. The van der Waals surface area contributed by atoms with Crippen molar-refractivity contribution >= 4 is 23.7 Å². The van der Waals surface area contributed by atoms with Crippen LogP contribution in [0.25, 0.3) is 0 Å². The second-order valence-corrected chi connectivity index (χ2v) is 6.25. The van der Waals surface area contributed by atoms with E-state index in [0.717, 1.165) is 17.7 Å². The number of carbonyl (C=O) groups is 4. The molecule has 1 aromatic rings. The summed E-state index contributed by atoms with van der Waals surface area (Å²) in [6, 6.07) is 7.84. The number of benzene rings is 1. The summed E-state index contributed by atoms with van der Waals surface area (Å²) in [5.74, 6) is -1.43. The van der Waals surface area contributed by atoms with Gasteiger partial charge in [-0.3, -0.25) is 19.3 Å². The SMILES string of the molecule is C[C@]1(C2CC2)NC(=O)N(CC(=O)OCC(=O)c2ccccc2)C1=O. The number of hydrogen-bond donors (Lipinski definition) is 1. The van der Waals surface area contributed by atoms with E-state index >= 15 is 0 Å². The molecule has 7 nitrogen and oxygen atoms in total. The van der Waals surface area contributed by atoms with Gasteiger partial charge in [-0.2, -0.15) is 0 Å². The van der Waals surface area contributed by atoms with Gasteiger partial charge in [-0.25, -0.2) is 4.79 Å². The normalized spacial score (nSPS) is 23.1. The number of carbonyl (C=O) groups excluding carboxylic acids is 4. The van der Waals surface area contributed by atoms with E-state index < -0.39 is 36.6 Å². The van der Waals surface area contributed by atoms with Crippen LogP contribution in [-0.2, 0) is 14.3 Å². The van der Waals surface area contributed by atoms with Crippen LogP contribution in [0.1, 0.15) is 30.1 Å². The molecule has 7 heteroatoms. The highest BCUT2D eigenvalue weighted by atomic mass is 16.5. The number of amides is 3. The molecule has 1 aliphatic carbocycles. The first-order valence-corrected chi connectivity index (χ1v) is 7.80. The molecule has 1 atom stereocenters. The number of rotatable bonds is 6. The van der Waals surface area contributed by atoms with Crippen molar-refractivity contribution < 1.29 is 23.9 Å². The molecule has 2 aliphatic rings. The van der Waals surface area contributed by atoms with Crippen molar-refractivity contribution in [2.24, 2.45) is 5.92 Å². The standard InChI is InChI=1S/C17H18N2O5/c1-17(12-7-8-12)15(22)19(16(23)18-17)9-14(21)24-10-13(20)11-5-3-2-4-6-11/h2-6,12H,7-10H2,1H3,(H,18,23)/t17-/m1/s1. The number of ether oxygens (including phenoxy) is 1. The van der Waals surface area contributed by atoms with Crippen LogP contribution in [0.4, 0.5) is 4.79 Å².